The molecule has 0 bridgehead atoms. The summed E-state index contributed by atoms with van der Waals surface area (Å²) >= 11 is 0. The van der Waals surface area contributed by atoms with Crippen LogP contribution in [0.1, 0.15) is 42.5 Å². The lowest BCUT2D eigenvalue weighted by molar-refractivity contribution is -0.142. The van der Waals surface area contributed by atoms with E-state index in [1.165, 1.54) is 11.8 Å². The van der Waals surface area contributed by atoms with E-state index in [9.17, 15) is 14.7 Å². The summed E-state index contributed by atoms with van der Waals surface area (Å²) in [6.45, 7) is 3.47. The number of carboxylic acids is 1. The maximum absolute atomic E-state index is 13.1. The third kappa shape index (κ3) is 3.91. The second kappa shape index (κ2) is 8.64. The zero-order valence-corrected chi connectivity index (χ0v) is 17.6. The van der Waals surface area contributed by atoms with Crippen molar-refractivity contribution in [2.75, 3.05) is 6.61 Å². The number of carbonyl (C=O) groups excluding carboxylic acids is 1. The third-order valence-corrected chi connectivity index (χ3v) is 6.02. The quantitative estimate of drug-likeness (QED) is 0.580. The highest BCUT2D eigenvalue weighted by molar-refractivity contribution is 5.81. The summed E-state index contributed by atoms with van der Waals surface area (Å²) in [6, 6.07) is 24.1. The van der Waals surface area contributed by atoms with E-state index in [-0.39, 0.29) is 12.5 Å². The molecule has 3 aromatic rings. The molecule has 5 heteroatoms. The smallest absolute Gasteiger partial charge is 0.411 e. The van der Waals surface area contributed by atoms with Gasteiger partial charge in [0.15, 0.2) is 0 Å². The maximum atomic E-state index is 13.1. The molecule has 0 fully saturated rings. The lowest BCUT2D eigenvalue weighted by Gasteiger charge is -2.32. The summed E-state index contributed by atoms with van der Waals surface area (Å²) in [5.41, 5.74) is 5.38. The average molecular weight is 415 g/mol. The fourth-order valence-corrected chi connectivity index (χ4v) is 4.33. The average Bonchev–Trinajstić information content (AvgIpc) is 3.12. The van der Waals surface area contributed by atoms with E-state index < -0.39 is 24.1 Å². The van der Waals surface area contributed by atoms with Gasteiger partial charge < -0.3 is 9.84 Å². The molecule has 1 amide bonds. The van der Waals surface area contributed by atoms with Crippen molar-refractivity contribution in [3.05, 3.63) is 95.6 Å². The first-order chi connectivity index (χ1) is 15.0. The third-order valence-electron chi connectivity index (χ3n) is 6.02. The van der Waals surface area contributed by atoms with Crippen molar-refractivity contribution in [1.29, 1.82) is 0 Å². The highest BCUT2D eigenvalue weighted by Crippen LogP contribution is 2.44. The maximum Gasteiger partial charge on any atom is 0.411 e. The molecule has 0 saturated carbocycles. The molecule has 1 unspecified atom stereocenters. The van der Waals surface area contributed by atoms with Gasteiger partial charge in [-0.2, -0.15) is 0 Å². The van der Waals surface area contributed by atoms with E-state index in [2.05, 4.69) is 24.3 Å². The Morgan fingerprint density at radius 1 is 0.871 bits per heavy atom. The molecule has 1 aliphatic rings. The van der Waals surface area contributed by atoms with Crippen LogP contribution in [0.15, 0.2) is 78.9 Å². The van der Waals surface area contributed by atoms with Gasteiger partial charge in [-0.15, -0.1) is 0 Å². The molecule has 0 spiro atoms. The molecule has 0 saturated heterocycles. The van der Waals surface area contributed by atoms with Crippen molar-refractivity contribution in [3.63, 3.8) is 0 Å². The molecule has 3 aromatic carbocycles. The van der Waals surface area contributed by atoms with E-state index in [0.717, 1.165) is 27.8 Å². The van der Waals surface area contributed by atoms with Crippen LogP contribution < -0.4 is 0 Å². The minimum atomic E-state index is -1.07. The van der Waals surface area contributed by atoms with Gasteiger partial charge in [0.25, 0.3) is 0 Å². The first-order valence-corrected chi connectivity index (χ1v) is 10.4. The number of benzene rings is 3. The Morgan fingerprint density at radius 2 is 1.39 bits per heavy atom. The van der Waals surface area contributed by atoms with Crippen LogP contribution in [0, 0.1) is 0 Å². The molecule has 31 heavy (non-hydrogen) atoms. The predicted octanol–water partition coefficient (Wildman–Crippen LogP) is 5.47. The molecule has 0 heterocycles. The number of amides is 1. The van der Waals surface area contributed by atoms with E-state index >= 15 is 0 Å². The Bertz CT molecular complexity index is 1050. The van der Waals surface area contributed by atoms with Gasteiger partial charge in [-0.25, -0.2) is 9.59 Å². The van der Waals surface area contributed by atoms with Crippen LogP contribution in [-0.4, -0.2) is 34.7 Å². The summed E-state index contributed by atoms with van der Waals surface area (Å²) in [5.74, 6) is -1.15. The highest BCUT2D eigenvalue weighted by atomic mass is 16.6. The zero-order chi connectivity index (χ0) is 22.0. The van der Waals surface area contributed by atoms with Gasteiger partial charge in [0.2, 0.25) is 0 Å². The standard InChI is InChI=1S/C26H25NO4/c1-17(19-10-4-3-5-11-19)27(18(2)25(28)29)26(30)31-16-24-22-14-8-6-12-20(22)21-13-7-9-15-23(21)24/h3-15,17-18,24H,16H2,1-2H3,(H,28,29)/t17?,18-/m0/s1. The number of hydrogen-bond donors (Lipinski definition) is 1. The Labute approximate surface area is 181 Å². The lowest BCUT2D eigenvalue weighted by atomic mass is 9.98. The van der Waals surface area contributed by atoms with Crippen molar-refractivity contribution in [2.24, 2.45) is 0 Å². The van der Waals surface area contributed by atoms with E-state index in [4.69, 9.17) is 4.74 Å². The number of fused-ring (bicyclic) bond motifs is 3. The number of aliphatic carboxylic acids is 1. The number of carboxylic acid groups (broad SMARTS) is 1. The topological polar surface area (TPSA) is 66.8 Å². The normalized spacial score (nSPS) is 14.3. The van der Waals surface area contributed by atoms with E-state index in [0.29, 0.717) is 0 Å². The van der Waals surface area contributed by atoms with Crippen molar-refractivity contribution in [3.8, 4) is 11.1 Å². The highest BCUT2D eigenvalue weighted by Gasteiger charge is 2.34. The second-order valence-electron chi connectivity index (χ2n) is 7.81. The van der Waals surface area contributed by atoms with Crippen LogP contribution in [-0.2, 0) is 9.53 Å². The number of hydrogen-bond acceptors (Lipinski definition) is 3. The molecule has 1 N–H and O–H groups in total. The van der Waals surface area contributed by atoms with Gasteiger partial charge in [-0.05, 0) is 41.7 Å². The lowest BCUT2D eigenvalue weighted by Crippen LogP contribution is -2.45. The molecule has 2 atom stereocenters. The van der Waals surface area contributed by atoms with Crippen LogP contribution in [0.5, 0.6) is 0 Å². The first kappa shape index (κ1) is 20.7. The first-order valence-electron chi connectivity index (χ1n) is 10.4. The van der Waals surface area contributed by atoms with Crippen molar-refractivity contribution in [2.45, 2.75) is 31.8 Å². The molecular weight excluding hydrogens is 390 g/mol. The van der Waals surface area contributed by atoms with Gasteiger partial charge in [-0.3, -0.25) is 4.90 Å². The molecule has 0 aliphatic heterocycles. The van der Waals surface area contributed by atoms with Crippen LogP contribution in [0.25, 0.3) is 11.1 Å². The van der Waals surface area contributed by atoms with Crippen molar-refractivity contribution < 1.29 is 19.4 Å². The second-order valence-corrected chi connectivity index (χ2v) is 7.81. The summed E-state index contributed by atoms with van der Waals surface area (Å²) in [5, 5.41) is 9.59. The minimum absolute atomic E-state index is 0.0784. The Morgan fingerprint density at radius 3 is 1.94 bits per heavy atom. The Balaban J connectivity index is 1.58. The summed E-state index contributed by atoms with van der Waals surface area (Å²) < 4.78 is 5.74. The molecule has 4 rings (SSSR count). The molecule has 0 radical (unpaired) electrons. The van der Waals surface area contributed by atoms with Crippen LogP contribution in [0.3, 0.4) is 0 Å². The molecular formula is C26H25NO4. The van der Waals surface area contributed by atoms with Gasteiger partial charge in [0.05, 0.1) is 6.04 Å². The summed E-state index contributed by atoms with van der Waals surface area (Å²) in [6.07, 6.45) is -0.631. The molecule has 1 aliphatic carbocycles. The fraction of sp³-hybridized carbons (Fsp3) is 0.231. The van der Waals surface area contributed by atoms with Crippen LogP contribution in [0.4, 0.5) is 4.79 Å². The Kier molecular flexibility index (Phi) is 5.76. The number of ether oxygens (including phenoxy) is 1. The SMILES string of the molecule is CC(c1ccccc1)N(C(=O)OCC1c2ccccc2-c2ccccc21)[C@@H](C)C(=O)O. The number of carbonyl (C=O) groups is 2. The van der Waals surface area contributed by atoms with Gasteiger partial charge in [0, 0.05) is 5.92 Å². The molecule has 5 nitrogen and oxygen atoms in total. The fourth-order valence-electron chi connectivity index (χ4n) is 4.33. The van der Waals surface area contributed by atoms with Gasteiger partial charge >= 0.3 is 12.1 Å². The van der Waals surface area contributed by atoms with E-state index in [1.54, 1.807) is 0 Å². The number of nitrogens with zero attached hydrogens (tertiary/aromatic N) is 1. The minimum Gasteiger partial charge on any atom is -0.480 e. The largest absolute Gasteiger partial charge is 0.480 e. The molecule has 0 aromatic heterocycles. The monoisotopic (exact) mass is 415 g/mol. The summed E-state index contributed by atoms with van der Waals surface area (Å²) in [4.78, 5) is 26.1. The van der Waals surface area contributed by atoms with Gasteiger partial charge in [-0.1, -0.05) is 78.9 Å². The Hall–Kier alpha value is -3.60. The van der Waals surface area contributed by atoms with Crippen molar-refractivity contribution in [1.82, 2.24) is 4.90 Å². The van der Waals surface area contributed by atoms with Crippen molar-refractivity contribution >= 4 is 12.1 Å². The predicted molar refractivity (Wildman–Crippen MR) is 119 cm³/mol. The summed E-state index contributed by atoms with van der Waals surface area (Å²) in [7, 11) is 0. The van der Waals surface area contributed by atoms with E-state index in [1.807, 2.05) is 61.5 Å². The number of rotatable bonds is 6. The zero-order valence-electron chi connectivity index (χ0n) is 17.6. The molecule has 158 valence electrons. The van der Waals surface area contributed by atoms with Crippen LogP contribution in [0.2, 0.25) is 0 Å². The van der Waals surface area contributed by atoms with Crippen LogP contribution >= 0.6 is 0 Å². The van der Waals surface area contributed by atoms with Gasteiger partial charge in [0.1, 0.15) is 12.6 Å².